The maximum atomic E-state index is 12.5. The number of anilines is 1. The number of hydrogen-bond donors (Lipinski definition) is 2. The van der Waals surface area contributed by atoms with Crippen LogP contribution >= 0.6 is 15.9 Å². The molecule has 0 bridgehead atoms. The third-order valence-corrected chi connectivity index (χ3v) is 5.28. The van der Waals surface area contributed by atoms with Crippen molar-refractivity contribution in [1.82, 2.24) is 10.6 Å². The first-order chi connectivity index (χ1) is 13.5. The van der Waals surface area contributed by atoms with Gasteiger partial charge in [0.1, 0.15) is 16.0 Å². The molecule has 0 aromatic heterocycles. The zero-order valence-corrected chi connectivity index (χ0v) is 17.3. The van der Waals surface area contributed by atoms with Crippen molar-refractivity contribution in [3.63, 3.8) is 0 Å². The monoisotopic (exact) mass is 447 g/mol. The van der Waals surface area contributed by atoms with Gasteiger partial charge in [-0.3, -0.25) is 9.59 Å². The summed E-state index contributed by atoms with van der Waals surface area (Å²) in [5, 5.41) is 5.71. The number of hydrogen-bond acceptors (Lipinski definition) is 5. The Morgan fingerprint density at radius 1 is 1.18 bits per heavy atom. The van der Waals surface area contributed by atoms with E-state index in [1.807, 2.05) is 29.2 Å². The molecule has 1 heterocycles. The molecule has 7 nitrogen and oxygen atoms in total. The van der Waals surface area contributed by atoms with E-state index in [1.165, 1.54) is 14.2 Å². The lowest BCUT2D eigenvalue weighted by atomic mass is 10.1. The molecule has 1 fully saturated rings. The maximum absolute atomic E-state index is 12.5. The van der Waals surface area contributed by atoms with Crippen molar-refractivity contribution in [2.45, 2.75) is 6.54 Å². The van der Waals surface area contributed by atoms with Crippen LogP contribution in [-0.4, -0.2) is 45.7 Å². The van der Waals surface area contributed by atoms with Gasteiger partial charge in [0, 0.05) is 30.9 Å². The van der Waals surface area contributed by atoms with Crippen molar-refractivity contribution in [1.29, 1.82) is 0 Å². The highest BCUT2D eigenvalue weighted by Gasteiger charge is 2.17. The Labute approximate surface area is 172 Å². The van der Waals surface area contributed by atoms with Crippen LogP contribution in [0.25, 0.3) is 0 Å². The van der Waals surface area contributed by atoms with Crippen LogP contribution in [0.3, 0.4) is 0 Å². The summed E-state index contributed by atoms with van der Waals surface area (Å²) in [5.41, 5.74) is 2.41. The van der Waals surface area contributed by atoms with E-state index >= 15 is 0 Å². The van der Waals surface area contributed by atoms with Gasteiger partial charge in [-0.2, -0.15) is 0 Å². The summed E-state index contributed by atoms with van der Waals surface area (Å²) in [7, 11) is 3.07. The highest BCUT2D eigenvalue weighted by molar-refractivity contribution is 9.10. The van der Waals surface area contributed by atoms with Gasteiger partial charge in [-0.1, -0.05) is 12.1 Å². The second-order valence-electron chi connectivity index (χ2n) is 6.32. The molecule has 0 unspecified atom stereocenters. The third-order valence-electron chi connectivity index (χ3n) is 4.50. The number of halogens is 1. The summed E-state index contributed by atoms with van der Waals surface area (Å²) in [5.74, 6) is 0.864. The predicted molar refractivity (Wildman–Crippen MR) is 110 cm³/mol. The van der Waals surface area contributed by atoms with E-state index in [-0.39, 0.29) is 11.8 Å². The lowest BCUT2D eigenvalue weighted by molar-refractivity contribution is -0.120. The number of carbonyl (C=O) groups is 2. The minimum Gasteiger partial charge on any atom is -0.495 e. The summed E-state index contributed by atoms with van der Waals surface area (Å²) in [6.45, 7) is 2.19. The Hall–Kier alpha value is -2.74. The lowest BCUT2D eigenvalue weighted by Gasteiger charge is -2.28. The Kier molecular flexibility index (Phi) is 6.41. The summed E-state index contributed by atoms with van der Waals surface area (Å²) in [6, 6.07) is 11.1. The molecular formula is C20H22BrN3O4. The van der Waals surface area contributed by atoms with Gasteiger partial charge in [-0.25, -0.2) is 0 Å². The van der Waals surface area contributed by atoms with E-state index in [9.17, 15) is 9.59 Å². The summed E-state index contributed by atoms with van der Waals surface area (Å²) in [4.78, 5) is 26.1. The van der Waals surface area contributed by atoms with Gasteiger partial charge in [0.2, 0.25) is 5.91 Å². The molecule has 8 heteroatoms. The van der Waals surface area contributed by atoms with Gasteiger partial charge in [0.15, 0.2) is 0 Å². The van der Waals surface area contributed by atoms with Crippen LogP contribution in [0.2, 0.25) is 0 Å². The highest BCUT2D eigenvalue weighted by atomic mass is 79.9. The van der Waals surface area contributed by atoms with Gasteiger partial charge in [0.25, 0.3) is 5.91 Å². The minimum atomic E-state index is -0.221. The minimum absolute atomic E-state index is 0.0305. The van der Waals surface area contributed by atoms with E-state index in [0.717, 1.165) is 17.8 Å². The number of carbonyl (C=O) groups excluding carboxylic acids is 2. The third kappa shape index (κ3) is 4.56. The van der Waals surface area contributed by atoms with Gasteiger partial charge in [-0.05, 0) is 45.8 Å². The molecule has 148 valence electrons. The van der Waals surface area contributed by atoms with Crippen molar-refractivity contribution >= 4 is 33.4 Å². The topological polar surface area (TPSA) is 79.9 Å². The first kappa shape index (κ1) is 20.0. The highest BCUT2D eigenvalue weighted by Crippen LogP contribution is 2.35. The van der Waals surface area contributed by atoms with Crippen LogP contribution in [0.4, 0.5) is 5.69 Å². The zero-order chi connectivity index (χ0) is 20.1. The van der Waals surface area contributed by atoms with Gasteiger partial charge in [0.05, 0.1) is 20.8 Å². The van der Waals surface area contributed by atoms with Gasteiger partial charge in [-0.15, -0.1) is 0 Å². The number of nitrogens with one attached hydrogen (secondary N) is 2. The number of ether oxygens (including phenoxy) is 2. The normalized spacial score (nSPS) is 13.7. The SMILES string of the molecule is COc1cc(C(=O)NCc2ccc(N3CCNC(=O)C3)cc2)cc(OC)c1Br. The van der Waals surface area contributed by atoms with E-state index in [1.54, 1.807) is 12.1 Å². The summed E-state index contributed by atoms with van der Waals surface area (Å²) < 4.78 is 11.2. The van der Waals surface area contributed by atoms with Crippen LogP contribution in [-0.2, 0) is 11.3 Å². The quantitative estimate of drug-likeness (QED) is 0.710. The van der Waals surface area contributed by atoms with Crippen LogP contribution in [0.15, 0.2) is 40.9 Å². The maximum Gasteiger partial charge on any atom is 0.251 e. The molecule has 28 heavy (non-hydrogen) atoms. The number of nitrogens with zero attached hydrogens (tertiary/aromatic N) is 1. The van der Waals surface area contributed by atoms with E-state index < -0.39 is 0 Å². The lowest BCUT2D eigenvalue weighted by Crippen LogP contribution is -2.47. The molecule has 0 spiro atoms. The average molecular weight is 448 g/mol. The number of amides is 2. The number of rotatable bonds is 6. The molecule has 2 amide bonds. The summed E-state index contributed by atoms with van der Waals surface area (Å²) in [6.07, 6.45) is 0. The van der Waals surface area contributed by atoms with E-state index in [0.29, 0.717) is 41.2 Å². The molecule has 2 aromatic rings. The molecule has 2 N–H and O–H groups in total. The Morgan fingerprint density at radius 2 is 1.82 bits per heavy atom. The second-order valence-corrected chi connectivity index (χ2v) is 7.11. The largest absolute Gasteiger partial charge is 0.495 e. The Bertz CT molecular complexity index is 845. The number of methoxy groups -OCH3 is 2. The average Bonchev–Trinajstić information content (AvgIpc) is 2.72. The Morgan fingerprint density at radius 3 is 2.39 bits per heavy atom. The molecule has 1 saturated heterocycles. The molecule has 0 atom stereocenters. The van der Waals surface area contributed by atoms with Crippen LogP contribution in [0.1, 0.15) is 15.9 Å². The first-order valence-corrected chi connectivity index (χ1v) is 9.61. The van der Waals surface area contributed by atoms with Gasteiger partial charge >= 0.3 is 0 Å². The Balaban J connectivity index is 1.64. The first-order valence-electron chi connectivity index (χ1n) is 8.82. The molecule has 0 radical (unpaired) electrons. The molecule has 1 aliphatic rings. The fraction of sp³-hybridized carbons (Fsp3) is 0.300. The molecular weight excluding hydrogens is 426 g/mol. The van der Waals surface area contributed by atoms with Crippen molar-refractivity contribution in [3.05, 3.63) is 52.0 Å². The van der Waals surface area contributed by atoms with E-state index in [2.05, 4.69) is 26.6 Å². The molecule has 2 aromatic carbocycles. The van der Waals surface area contributed by atoms with Crippen molar-refractivity contribution < 1.29 is 19.1 Å². The predicted octanol–water partition coefficient (Wildman–Crippen LogP) is 2.33. The van der Waals surface area contributed by atoms with Gasteiger partial charge < -0.3 is 25.0 Å². The number of benzene rings is 2. The molecule has 3 rings (SSSR count). The van der Waals surface area contributed by atoms with Crippen molar-refractivity contribution in [2.24, 2.45) is 0 Å². The number of piperazine rings is 1. The molecule has 0 saturated carbocycles. The molecule has 1 aliphatic heterocycles. The van der Waals surface area contributed by atoms with Crippen molar-refractivity contribution in [2.75, 3.05) is 38.8 Å². The van der Waals surface area contributed by atoms with Crippen LogP contribution < -0.4 is 25.0 Å². The van der Waals surface area contributed by atoms with Crippen LogP contribution in [0.5, 0.6) is 11.5 Å². The fourth-order valence-electron chi connectivity index (χ4n) is 2.97. The standard InChI is InChI=1S/C20H22BrN3O4/c1-27-16-9-14(10-17(28-2)19(16)21)20(26)23-11-13-3-5-15(6-4-13)24-8-7-22-18(25)12-24/h3-6,9-10H,7-8,11-12H2,1-2H3,(H,22,25)(H,23,26). The van der Waals surface area contributed by atoms with Crippen molar-refractivity contribution in [3.8, 4) is 11.5 Å². The smallest absolute Gasteiger partial charge is 0.251 e. The summed E-state index contributed by atoms with van der Waals surface area (Å²) >= 11 is 3.39. The molecule has 0 aliphatic carbocycles. The van der Waals surface area contributed by atoms with E-state index in [4.69, 9.17) is 9.47 Å². The fourth-order valence-corrected chi connectivity index (χ4v) is 3.52. The second kappa shape index (κ2) is 8.97. The zero-order valence-electron chi connectivity index (χ0n) is 15.8. The van der Waals surface area contributed by atoms with Crippen LogP contribution in [0, 0.1) is 0 Å².